The van der Waals surface area contributed by atoms with Gasteiger partial charge in [0.25, 0.3) is 5.91 Å². The minimum atomic E-state index is -3.65. The van der Waals surface area contributed by atoms with Crippen molar-refractivity contribution in [1.82, 2.24) is 4.72 Å². The summed E-state index contributed by atoms with van der Waals surface area (Å²) in [6.07, 6.45) is 0.974. The third-order valence-electron chi connectivity index (χ3n) is 5.18. The quantitative estimate of drug-likeness (QED) is 0.467. The van der Waals surface area contributed by atoms with Crippen molar-refractivity contribution in [1.29, 1.82) is 0 Å². The van der Waals surface area contributed by atoms with E-state index in [1.807, 2.05) is 54.6 Å². The Labute approximate surface area is 189 Å². The SMILES string of the molecule is CCC(C)c1ccccc1OCC(=O)Nc1ccc(S(=O)(=O)NCc2ccccc2)cc1. The van der Waals surface area contributed by atoms with E-state index in [0.29, 0.717) is 17.4 Å². The third-order valence-corrected chi connectivity index (χ3v) is 6.60. The Morgan fingerprint density at radius 1 is 0.938 bits per heavy atom. The fourth-order valence-electron chi connectivity index (χ4n) is 3.15. The Morgan fingerprint density at radius 2 is 1.59 bits per heavy atom. The monoisotopic (exact) mass is 452 g/mol. The van der Waals surface area contributed by atoms with Gasteiger partial charge in [-0.15, -0.1) is 0 Å². The van der Waals surface area contributed by atoms with Crippen molar-refractivity contribution in [2.24, 2.45) is 0 Å². The summed E-state index contributed by atoms with van der Waals surface area (Å²) >= 11 is 0. The van der Waals surface area contributed by atoms with Crippen LogP contribution in [0.3, 0.4) is 0 Å². The summed E-state index contributed by atoms with van der Waals surface area (Å²) in [4.78, 5) is 12.4. The maximum absolute atomic E-state index is 12.5. The molecule has 3 rings (SSSR count). The van der Waals surface area contributed by atoms with Crippen molar-refractivity contribution in [2.75, 3.05) is 11.9 Å². The van der Waals surface area contributed by atoms with E-state index < -0.39 is 10.0 Å². The number of sulfonamides is 1. The molecule has 2 N–H and O–H groups in total. The van der Waals surface area contributed by atoms with Gasteiger partial charge in [0.05, 0.1) is 4.90 Å². The lowest BCUT2D eigenvalue weighted by atomic mass is 9.98. The van der Waals surface area contributed by atoms with E-state index in [4.69, 9.17) is 4.74 Å². The number of carbonyl (C=O) groups is 1. The first-order valence-corrected chi connectivity index (χ1v) is 12.0. The van der Waals surface area contributed by atoms with Crippen molar-refractivity contribution in [3.05, 3.63) is 90.0 Å². The Bertz CT molecular complexity index is 1130. The van der Waals surface area contributed by atoms with Crippen LogP contribution in [0.15, 0.2) is 83.8 Å². The Balaban J connectivity index is 1.56. The smallest absolute Gasteiger partial charge is 0.262 e. The van der Waals surface area contributed by atoms with E-state index in [1.165, 1.54) is 12.1 Å². The fourth-order valence-corrected chi connectivity index (χ4v) is 4.17. The molecular formula is C25H28N2O4S. The number of nitrogens with one attached hydrogen (secondary N) is 2. The molecule has 0 aromatic heterocycles. The molecule has 1 amide bonds. The maximum Gasteiger partial charge on any atom is 0.262 e. The van der Waals surface area contributed by atoms with Gasteiger partial charge in [-0.2, -0.15) is 0 Å². The number of benzene rings is 3. The van der Waals surface area contributed by atoms with Gasteiger partial charge in [-0.3, -0.25) is 4.79 Å². The van der Waals surface area contributed by atoms with Gasteiger partial charge in [0.15, 0.2) is 6.61 Å². The molecule has 7 heteroatoms. The Hall–Kier alpha value is -3.16. The van der Waals surface area contributed by atoms with Crippen LogP contribution >= 0.6 is 0 Å². The first-order chi connectivity index (χ1) is 15.4. The molecule has 32 heavy (non-hydrogen) atoms. The zero-order valence-electron chi connectivity index (χ0n) is 18.2. The molecule has 0 radical (unpaired) electrons. The van der Waals surface area contributed by atoms with E-state index in [0.717, 1.165) is 17.5 Å². The van der Waals surface area contributed by atoms with Crippen molar-refractivity contribution in [2.45, 2.75) is 37.6 Å². The molecule has 0 saturated carbocycles. The predicted molar refractivity (Wildman–Crippen MR) is 126 cm³/mol. The molecule has 1 unspecified atom stereocenters. The van der Waals surface area contributed by atoms with E-state index in [2.05, 4.69) is 23.9 Å². The molecule has 3 aromatic carbocycles. The highest BCUT2D eigenvalue weighted by molar-refractivity contribution is 7.89. The number of hydrogen-bond acceptors (Lipinski definition) is 4. The summed E-state index contributed by atoms with van der Waals surface area (Å²) in [7, 11) is -3.65. The van der Waals surface area contributed by atoms with E-state index in [9.17, 15) is 13.2 Å². The van der Waals surface area contributed by atoms with Gasteiger partial charge in [-0.1, -0.05) is 62.4 Å². The molecule has 0 bridgehead atoms. The summed E-state index contributed by atoms with van der Waals surface area (Å²) in [5.41, 5.74) is 2.44. The van der Waals surface area contributed by atoms with Crippen LogP contribution in [-0.2, 0) is 21.4 Å². The molecule has 3 aromatic rings. The number of rotatable bonds is 10. The first-order valence-electron chi connectivity index (χ1n) is 10.5. The van der Waals surface area contributed by atoms with Crippen molar-refractivity contribution in [3.8, 4) is 5.75 Å². The zero-order valence-corrected chi connectivity index (χ0v) is 19.1. The highest BCUT2D eigenvalue weighted by atomic mass is 32.2. The average Bonchev–Trinajstić information content (AvgIpc) is 2.82. The van der Waals surface area contributed by atoms with Crippen LogP contribution in [-0.4, -0.2) is 20.9 Å². The second kappa shape index (κ2) is 10.9. The summed E-state index contributed by atoms with van der Waals surface area (Å²) in [5, 5.41) is 2.73. The molecule has 6 nitrogen and oxygen atoms in total. The van der Waals surface area contributed by atoms with Crippen molar-refractivity contribution in [3.63, 3.8) is 0 Å². The Morgan fingerprint density at radius 3 is 2.28 bits per heavy atom. The molecule has 0 fully saturated rings. The highest BCUT2D eigenvalue weighted by Gasteiger charge is 2.15. The van der Waals surface area contributed by atoms with Gasteiger partial charge in [-0.05, 0) is 53.8 Å². The number of anilines is 1. The van der Waals surface area contributed by atoms with E-state index in [-0.39, 0.29) is 24.0 Å². The van der Waals surface area contributed by atoms with E-state index >= 15 is 0 Å². The molecule has 0 aliphatic heterocycles. The van der Waals surface area contributed by atoms with Crippen LogP contribution < -0.4 is 14.8 Å². The van der Waals surface area contributed by atoms with Crippen LogP contribution in [0.2, 0.25) is 0 Å². The summed E-state index contributed by atoms with van der Waals surface area (Å²) in [6.45, 7) is 4.30. The summed E-state index contributed by atoms with van der Waals surface area (Å²) < 4.78 is 33.3. The van der Waals surface area contributed by atoms with Gasteiger partial charge in [-0.25, -0.2) is 13.1 Å². The lowest BCUT2D eigenvalue weighted by Crippen LogP contribution is -2.23. The second-order valence-electron chi connectivity index (χ2n) is 7.52. The van der Waals surface area contributed by atoms with Gasteiger partial charge in [0.1, 0.15) is 5.75 Å². The number of carbonyl (C=O) groups excluding carboxylic acids is 1. The van der Waals surface area contributed by atoms with Gasteiger partial charge in [0.2, 0.25) is 10.0 Å². The molecule has 0 saturated heterocycles. The zero-order chi connectivity index (χ0) is 23.0. The third kappa shape index (κ3) is 6.42. The number of amides is 1. The lowest BCUT2D eigenvalue weighted by molar-refractivity contribution is -0.118. The minimum Gasteiger partial charge on any atom is -0.483 e. The first kappa shape index (κ1) is 23.5. The van der Waals surface area contributed by atoms with Gasteiger partial charge in [0, 0.05) is 12.2 Å². The predicted octanol–water partition coefficient (Wildman–Crippen LogP) is 4.70. The molecule has 0 heterocycles. The topological polar surface area (TPSA) is 84.5 Å². The lowest BCUT2D eigenvalue weighted by Gasteiger charge is -2.15. The standard InChI is InChI=1S/C25H28N2O4S/c1-3-19(2)23-11-7-8-12-24(23)31-18-25(28)27-21-13-15-22(16-14-21)32(29,30)26-17-20-9-5-4-6-10-20/h4-16,19,26H,3,17-18H2,1-2H3,(H,27,28). The van der Waals surface area contributed by atoms with Crippen molar-refractivity contribution >= 4 is 21.6 Å². The average molecular weight is 453 g/mol. The van der Waals surface area contributed by atoms with Crippen LogP contribution in [0.5, 0.6) is 5.75 Å². The van der Waals surface area contributed by atoms with Crippen LogP contribution in [0, 0.1) is 0 Å². The van der Waals surface area contributed by atoms with Crippen LogP contribution in [0.25, 0.3) is 0 Å². The van der Waals surface area contributed by atoms with E-state index in [1.54, 1.807) is 12.1 Å². The number of hydrogen-bond donors (Lipinski definition) is 2. The van der Waals surface area contributed by atoms with Crippen LogP contribution in [0.4, 0.5) is 5.69 Å². The van der Waals surface area contributed by atoms with Gasteiger partial charge >= 0.3 is 0 Å². The molecular weight excluding hydrogens is 424 g/mol. The molecule has 0 aliphatic carbocycles. The maximum atomic E-state index is 12.5. The fraction of sp³-hybridized carbons (Fsp3) is 0.240. The van der Waals surface area contributed by atoms with Gasteiger partial charge < -0.3 is 10.1 Å². The van der Waals surface area contributed by atoms with Crippen molar-refractivity contribution < 1.29 is 17.9 Å². The molecule has 0 spiro atoms. The largest absolute Gasteiger partial charge is 0.483 e. The molecule has 168 valence electrons. The molecule has 0 aliphatic rings. The number of ether oxygens (including phenoxy) is 1. The normalized spacial score (nSPS) is 12.2. The Kier molecular flexibility index (Phi) is 8.03. The number of para-hydroxylation sites is 1. The highest BCUT2D eigenvalue weighted by Crippen LogP contribution is 2.28. The minimum absolute atomic E-state index is 0.130. The molecule has 1 atom stereocenters. The second-order valence-corrected chi connectivity index (χ2v) is 9.29. The summed E-state index contributed by atoms with van der Waals surface area (Å²) in [5.74, 6) is 0.712. The summed E-state index contributed by atoms with van der Waals surface area (Å²) in [6, 6.07) is 23.0. The van der Waals surface area contributed by atoms with Crippen LogP contribution in [0.1, 0.15) is 37.3 Å².